The summed E-state index contributed by atoms with van der Waals surface area (Å²) in [6.45, 7) is 5.18. The topological polar surface area (TPSA) is 104 Å². The lowest BCUT2D eigenvalue weighted by Gasteiger charge is -2.37. The molecule has 2 aromatic carbocycles. The van der Waals surface area contributed by atoms with Gasteiger partial charge in [0.2, 0.25) is 20.0 Å². The molecule has 4 rings (SSSR count). The van der Waals surface area contributed by atoms with Crippen molar-refractivity contribution < 1.29 is 26.7 Å². The average Bonchev–Trinajstić information content (AvgIpc) is 3.41. The van der Waals surface area contributed by atoms with Crippen molar-refractivity contribution >= 4 is 25.6 Å². The summed E-state index contributed by atoms with van der Waals surface area (Å²) < 4.78 is 62.9. The van der Waals surface area contributed by atoms with E-state index in [4.69, 9.17) is 4.74 Å². The Morgan fingerprint density at radius 2 is 1.89 bits per heavy atom. The number of nitrogens with zero attached hydrogens (tertiary/aromatic N) is 2. The maximum absolute atomic E-state index is 13.7. The summed E-state index contributed by atoms with van der Waals surface area (Å²) in [6.07, 6.45) is 4.47. The van der Waals surface area contributed by atoms with E-state index < -0.39 is 32.2 Å². The molecule has 0 saturated heterocycles. The molecule has 0 radical (unpaired) electrons. The predicted octanol–water partition coefficient (Wildman–Crippen LogP) is 3.65. The zero-order valence-corrected chi connectivity index (χ0v) is 23.4. The lowest BCUT2D eigenvalue weighted by Crippen LogP contribution is -2.50. The van der Waals surface area contributed by atoms with Gasteiger partial charge in [-0.25, -0.2) is 16.8 Å². The van der Waals surface area contributed by atoms with Crippen molar-refractivity contribution in [1.29, 1.82) is 0 Å². The van der Waals surface area contributed by atoms with Gasteiger partial charge in [0.15, 0.2) is 0 Å². The van der Waals surface area contributed by atoms with Crippen LogP contribution in [0.3, 0.4) is 0 Å². The number of hydrogen-bond donors (Lipinski definition) is 1. The predicted molar refractivity (Wildman–Crippen MR) is 143 cm³/mol. The lowest BCUT2D eigenvalue weighted by molar-refractivity contribution is 0.0904. The van der Waals surface area contributed by atoms with Crippen LogP contribution in [0.2, 0.25) is 0 Å². The van der Waals surface area contributed by atoms with Gasteiger partial charge in [0, 0.05) is 25.6 Å². The third-order valence-electron chi connectivity index (χ3n) is 7.25. The molecule has 8 nitrogen and oxygen atoms in total. The smallest absolute Gasteiger partial charge is 0.247 e. The van der Waals surface area contributed by atoms with E-state index in [9.17, 15) is 21.9 Å². The molecule has 202 valence electrons. The van der Waals surface area contributed by atoms with Gasteiger partial charge in [0.25, 0.3) is 0 Å². The first kappa shape index (κ1) is 27.8. The highest BCUT2D eigenvalue weighted by Crippen LogP contribution is 2.37. The van der Waals surface area contributed by atoms with E-state index in [1.807, 2.05) is 13.8 Å². The van der Waals surface area contributed by atoms with Crippen molar-refractivity contribution in [3.05, 3.63) is 59.7 Å². The average molecular weight is 549 g/mol. The molecule has 10 heteroatoms. The number of rotatable bonds is 7. The third-order valence-corrected chi connectivity index (χ3v) is 11.1. The Morgan fingerprint density at radius 1 is 1.19 bits per heavy atom. The fourth-order valence-corrected chi connectivity index (χ4v) is 7.83. The minimum absolute atomic E-state index is 0.0242. The van der Waals surface area contributed by atoms with Crippen molar-refractivity contribution in [2.24, 2.45) is 5.92 Å². The van der Waals surface area contributed by atoms with E-state index in [2.05, 4.69) is 6.08 Å². The normalized spacial score (nSPS) is 23.0. The van der Waals surface area contributed by atoms with Crippen LogP contribution in [0.1, 0.15) is 44.2 Å². The Bertz CT molecular complexity index is 1370. The SMILES string of the molecule is Cc1ccc(S(=O)(=O)N(C)C[C@@H]2Oc3cc(C4=CCCC4)ccc3S(=O)(=O)N([C@H](C)CO)C[C@@H]2C)cc1. The number of aliphatic hydroxyl groups excluding tert-OH is 1. The highest BCUT2D eigenvalue weighted by molar-refractivity contribution is 7.89. The molecule has 0 aromatic heterocycles. The number of sulfonamides is 2. The second-order valence-corrected chi connectivity index (χ2v) is 14.0. The molecule has 0 saturated carbocycles. The second-order valence-electron chi connectivity index (χ2n) is 10.1. The highest BCUT2D eigenvalue weighted by Gasteiger charge is 2.39. The maximum Gasteiger partial charge on any atom is 0.247 e. The van der Waals surface area contributed by atoms with Gasteiger partial charge in [-0.2, -0.15) is 8.61 Å². The van der Waals surface area contributed by atoms with Crippen molar-refractivity contribution in [1.82, 2.24) is 8.61 Å². The molecule has 1 N–H and O–H groups in total. The molecule has 2 aliphatic rings. The van der Waals surface area contributed by atoms with E-state index in [0.717, 1.165) is 36.0 Å². The number of aryl methyl sites for hydroxylation is 1. The van der Waals surface area contributed by atoms with Crippen LogP contribution < -0.4 is 4.74 Å². The van der Waals surface area contributed by atoms with Crippen molar-refractivity contribution in [3.8, 4) is 5.75 Å². The Hall–Kier alpha value is -2.24. The summed E-state index contributed by atoms with van der Waals surface area (Å²) in [5.41, 5.74) is 3.01. The van der Waals surface area contributed by atoms with Gasteiger partial charge in [0.1, 0.15) is 16.7 Å². The van der Waals surface area contributed by atoms with E-state index in [1.165, 1.54) is 15.7 Å². The van der Waals surface area contributed by atoms with E-state index in [-0.39, 0.29) is 41.2 Å². The molecule has 0 fully saturated rings. The first-order valence-corrected chi connectivity index (χ1v) is 15.5. The quantitative estimate of drug-likeness (QED) is 0.567. The minimum Gasteiger partial charge on any atom is -0.487 e. The van der Waals surface area contributed by atoms with Crippen LogP contribution in [0, 0.1) is 12.8 Å². The number of benzene rings is 2. The maximum atomic E-state index is 13.7. The Labute approximate surface area is 220 Å². The second kappa shape index (κ2) is 10.9. The number of aliphatic hydroxyl groups is 1. The molecular weight excluding hydrogens is 512 g/mol. The van der Waals surface area contributed by atoms with Gasteiger partial charge in [-0.05, 0) is 68.5 Å². The number of fused-ring (bicyclic) bond motifs is 1. The van der Waals surface area contributed by atoms with Crippen LogP contribution >= 0.6 is 0 Å². The van der Waals surface area contributed by atoms with Crippen LogP contribution in [0.5, 0.6) is 5.75 Å². The van der Waals surface area contributed by atoms with Crippen molar-refractivity contribution in [2.75, 3.05) is 26.7 Å². The third kappa shape index (κ3) is 5.63. The molecule has 0 unspecified atom stereocenters. The van der Waals surface area contributed by atoms with Gasteiger partial charge in [-0.3, -0.25) is 0 Å². The molecular formula is C27H36N2O6S2. The van der Waals surface area contributed by atoms with Crippen molar-refractivity contribution in [2.45, 2.75) is 62.0 Å². The van der Waals surface area contributed by atoms with Crippen LogP contribution in [0.4, 0.5) is 0 Å². The van der Waals surface area contributed by atoms with Gasteiger partial charge in [-0.15, -0.1) is 0 Å². The molecule has 0 amide bonds. The summed E-state index contributed by atoms with van der Waals surface area (Å²) in [6, 6.07) is 11.1. The molecule has 3 atom stereocenters. The Kier molecular flexibility index (Phi) is 8.16. The minimum atomic E-state index is -3.96. The Morgan fingerprint density at radius 3 is 2.51 bits per heavy atom. The summed E-state index contributed by atoms with van der Waals surface area (Å²) in [5, 5.41) is 9.83. The van der Waals surface area contributed by atoms with E-state index in [1.54, 1.807) is 49.4 Å². The van der Waals surface area contributed by atoms with Gasteiger partial charge < -0.3 is 9.84 Å². The highest BCUT2D eigenvalue weighted by atomic mass is 32.2. The molecule has 1 aliphatic heterocycles. The van der Waals surface area contributed by atoms with Gasteiger partial charge in [0.05, 0.1) is 18.0 Å². The summed E-state index contributed by atoms with van der Waals surface area (Å²) in [7, 11) is -6.23. The number of hydrogen-bond acceptors (Lipinski definition) is 6. The fourth-order valence-electron chi connectivity index (χ4n) is 4.82. The zero-order chi connectivity index (χ0) is 27.0. The van der Waals surface area contributed by atoms with E-state index >= 15 is 0 Å². The van der Waals surface area contributed by atoms with Crippen LogP contribution in [-0.4, -0.2) is 69.4 Å². The zero-order valence-electron chi connectivity index (χ0n) is 21.8. The summed E-state index contributed by atoms with van der Waals surface area (Å²) in [5.74, 6) is -0.153. The standard InChI is InChI=1S/C27H36N2O6S2/c1-19-9-12-24(13-10-19)36(31,32)28(4)17-26-20(2)16-29(21(3)18-30)37(33,34)27-14-11-23(15-25(27)35-26)22-7-5-6-8-22/h7,9-15,20-21,26,30H,5-6,8,16-18H2,1-4H3/t20-,21+,26-/m0/s1. The fraction of sp³-hybridized carbons (Fsp3) is 0.481. The largest absolute Gasteiger partial charge is 0.487 e. The summed E-state index contributed by atoms with van der Waals surface area (Å²) in [4.78, 5) is 0.212. The molecule has 0 spiro atoms. The number of allylic oxidation sites excluding steroid dienone is 2. The summed E-state index contributed by atoms with van der Waals surface area (Å²) >= 11 is 0. The Balaban J connectivity index is 1.74. The molecule has 37 heavy (non-hydrogen) atoms. The molecule has 2 aromatic rings. The molecule has 1 heterocycles. The molecule has 0 bridgehead atoms. The first-order chi connectivity index (χ1) is 17.4. The van der Waals surface area contributed by atoms with E-state index in [0.29, 0.717) is 0 Å². The van der Waals surface area contributed by atoms with Crippen LogP contribution in [-0.2, 0) is 20.0 Å². The first-order valence-electron chi connectivity index (χ1n) is 12.6. The van der Waals surface area contributed by atoms with Crippen LogP contribution in [0.15, 0.2) is 58.3 Å². The van der Waals surface area contributed by atoms with Gasteiger partial charge in [-0.1, -0.05) is 36.8 Å². The number of likely N-dealkylation sites (N-methyl/N-ethyl adjacent to an activating group) is 1. The van der Waals surface area contributed by atoms with Crippen molar-refractivity contribution in [3.63, 3.8) is 0 Å². The number of ether oxygens (including phenoxy) is 1. The molecule has 1 aliphatic carbocycles. The lowest BCUT2D eigenvalue weighted by atomic mass is 10.0. The monoisotopic (exact) mass is 548 g/mol. The van der Waals surface area contributed by atoms with Gasteiger partial charge >= 0.3 is 0 Å². The van der Waals surface area contributed by atoms with Crippen LogP contribution in [0.25, 0.3) is 5.57 Å².